The molecule has 2 N–H and O–H groups in total. The number of aryl methyl sites for hydroxylation is 2. The second kappa shape index (κ2) is 5.53. The van der Waals surface area contributed by atoms with Crippen LogP contribution >= 0.6 is 0 Å². The molecule has 116 valence electrons. The number of carbonyl (C=O) groups is 1. The number of phenols is 1. The fourth-order valence-electron chi connectivity index (χ4n) is 2.21. The molecule has 0 radical (unpaired) electrons. The van der Waals surface area contributed by atoms with Crippen LogP contribution in [-0.4, -0.2) is 30.6 Å². The summed E-state index contributed by atoms with van der Waals surface area (Å²) in [6.45, 7) is 3.53. The van der Waals surface area contributed by atoms with Crippen molar-refractivity contribution in [2.24, 2.45) is 0 Å². The van der Waals surface area contributed by atoms with Crippen molar-refractivity contribution in [2.75, 3.05) is 0 Å². The van der Waals surface area contributed by atoms with Crippen molar-refractivity contribution in [1.82, 2.24) is 19.7 Å². The van der Waals surface area contributed by atoms with Crippen LogP contribution in [0.5, 0.6) is 5.75 Å². The first-order valence-corrected chi connectivity index (χ1v) is 6.91. The van der Waals surface area contributed by atoms with Crippen molar-refractivity contribution in [3.05, 3.63) is 69.4 Å². The third-order valence-electron chi connectivity index (χ3n) is 3.32. The number of benzene rings is 1. The van der Waals surface area contributed by atoms with Gasteiger partial charge in [-0.25, -0.2) is 9.67 Å². The summed E-state index contributed by atoms with van der Waals surface area (Å²) < 4.78 is 1.31. The highest BCUT2D eigenvalue weighted by atomic mass is 16.3. The summed E-state index contributed by atoms with van der Waals surface area (Å²) in [5, 5.41) is 13.9. The van der Waals surface area contributed by atoms with E-state index in [4.69, 9.17) is 0 Å². The highest BCUT2D eigenvalue weighted by molar-refractivity contribution is 6.10. The number of aromatic amines is 1. The van der Waals surface area contributed by atoms with E-state index in [0.29, 0.717) is 5.69 Å². The monoisotopic (exact) mass is 310 g/mol. The molecule has 0 unspecified atom stereocenters. The molecule has 3 aromatic rings. The molecule has 0 saturated carbocycles. The summed E-state index contributed by atoms with van der Waals surface area (Å²) in [4.78, 5) is 30.7. The van der Waals surface area contributed by atoms with E-state index in [9.17, 15) is 14.7 Å². The Hall–Kier alpha value is -3.22. The van der Waals surface area contributed by atoms with Crippen LogP contribution in [0.15, 0.2) is 41.5 Å². The van der Waals surface area contributed by atoms with Gasteiger partial charge in [0.25, 0.3) is 5.56 Å². The van der Waals surface area contributed by atoms with Gasteiger partial charge in [-0.05, 0) is 26.0 Å². The molecule has 0 amide bonds. The van der Waals surface area contributed by atoms with Crippen molar-refractivity contribution in [1.29, 1.82) is 0 Å². The fraction of sp³-hybridized carbons (Fsp3) is 0.125. The Labute approximate surface area is 131 Å². The molecule has 3 rings (SSSR count). The number of aromatic nitrogens is 4. The Bertz CT molecular complexity index is 956. The summed E-state index contributed by atoms with van der Waals surface area (Å²) in [7, 11) is 0. The molecular formula is C16H14N4O3. The van der Waals surface area contributed by atoms with Gasteiger partial charge in [-0.1, -0.05) is 11.6 Å². The Morgan fingerprint density at radius 2 is 2.04 bits per heavy atom. The van der Waals surface area contributed by atoms with Crippen LogP contribution in [0.4, 0.5) is 0 Å². The molecule has 0 fully saturated rings. The SMILES string of the molecule is Cc1ccc(O)c(C(=O)c2cnn(-c3nc(C)cc(=O)[nH]3)c2)c1. The molecule has 23 heavy (non-hydrogen) atoms. The van der Waals surface area contributed by atoms with E-state index in [1.807, 2.05) is 6.92 Å². The van der Waals surface area contributed by atoms with E-state index >= 15 is 0 Å². The quantitative estimate of drug-likeness (QED) is 0.714. The van der Waals surface area contributed by atoms with Gasteiger partial charge in [-0.3, -0.25) is 14.6 Å². The molecule has 0 atom stereocenters. The third kappa shape index (κ3) is 2.89. The third-order valence-corrected chi connectivity index (χ3v) is 3.32. The molecule has 7 nitrogen and oxygen atoms in total. The molecular weight excluding hydrogens is 296 g/mol. The van der Waals surface area contributed by atoms with Crippen LogP contribution in [0.2, 0.25) is 0 Å². The van der Waals surface area contributed by atoms with Crippen LogP contribution in [0, 0.1) is 13.8 Å². The second-order valence-corrected chi connectivity index (χ2v) is 5.23. The normalized spacial score (nSPS) is 10.7. The average molecular weight is 310 g/mol. The number of nitrogens with zero attached hydrogens (tertiary/aromatic N) is 3. The van der Waals surface area contributed by atoms with E-state index in [1.165, 1.54) is 29.2 Å². The Kier molecular flexibility index (Phi) is 3.53. The lowest BCUT2D eigenvalue weighted by Crippen LogP contribution is -2.13. The number of hydrogen-bond donors (Lipinski definition) is 2. The zero-order valence-electron chi connectivity index (χ0n) is 12.6. The van der Waals surface area contributed by atoms with Crippen LogP contribution < -0.4 is 5.56 Å². The van der Waals surface area contributed by atoms with Gasteiger partial charge in [0, 0.05) is 18.0 Å². The second-order valence-electron chi connectivity index (χ2n) is 5.23. The maximum atomic E-state index is 12.5. The molecule has 0 bridgehead atoms. The first-order chi connectivity index (χ1) is 10.9. The molecule has 0 spiro atoms. The molecule has 7 heteroatoms. The highest BCUT2D eigenvalue weighted by Gasteiger charge is 2.16. The number of rotatable bonds is 3. The lowest BCUT2D eigenvalue weighted by molar-refractivity contribution is 0.103. The van der Waals surface area contributed by atoms with E-state index < -0.39 is 0 Å². The van der Waals surface area contributed by atoms with Gasteiger partial charge < -0.3 is 5.11 Å². The van der Waals surface area contributed by atoms with E-state index in [1.54, 1.807) is 19.1 Å². The molecule has 2 heterocycles. The number of phenolic OH excluding ortho intramolecular Hbond substituents is 1. The molecule has 0 saturated heterocycles. The number of carbonyl (C=O) groups excluding carboxylic acids is 1. The van der Waals surface area contributed by atoms with Gasteiger partial charge in [-0.2, -0.15) is 5.10 Å². The van der Waals surface area contributed by atoms with Crippen LogP contribution in [0.1, 0.15) is 27.2 Å². The van der Waals surface area contributed by atoms with E-state index in [-0.39, 0.29) is 34.2 Å². The lowest BCUT2D eigenvalue weighted by atomic mass is 10.0. The number of hydrogen-bond acceptors (Lipinski definition) is 5. The fourth-order valence-corrected chi connectivity index (χ4v) is 2.21. The van der Waals surface area contributed by atoms with Crippen molar-refractivity contribution in [3.8, 4) is 11.7 Å². The summed E-state index contributed by atoms with van der Waals surface area (Å²) in [6, 6.07) is 6.18. The number of H-pyrrole nitrogens is 1. The maximum Gasteiger partial charge on any atom is 0.252 e. The zero-order valence-corrected chi connectivity index (χ0v) is 12.6. The van der Waals surface area contributed by atoms with Gasteiger partial charge in [0.05, 0.1) is 17.3 Å². The van der Waals surface area contributed by atoms with Gasteiger partial charge in [-0.15, -0.1) is 0 Å². The van der Waals surface area contributed by atoms with Crippen LogP contribution in [0.25, 0.3) is 5.95 Å². The minimum absolute atomic E-state index is 0.0876. The van der Waals surface area contributed by atoms with Crippen molar-refractivity contribution >= 4 is 5.78 Å². The molecule has 1 aromatic carbocycles. The number of nitrogens with one attached hydrogen (secondary N) is 1. The Morgan fingerprint density at radius 3 is 2.78 bits per heavy atom. The van der Waals surface area contributed by atoms with E-state index in [2.05, 4.69) is 15.1 Å². The molecule has 0 aliphatic heterocycles. The highest BCUT2D eigenvalue weighted by Crippen LogP contribution is 2.21. The average Bonchev–Trinajstić information content (AvgIpc) is 2.98. The maximum absolute atomic E-state index is 12.5. The van der Waals surface area contributed by atoms with Gasteiger partial charge in [0.15, 0.2) is 5.78 Å². The Morgan fingerprint density at radius 1 is 1.26 bits per heavy atom. The molecule has 0 aliphatic carbocycles. The van der Waals surface area contributed by atoms with Crippen molar-refractivity contribution < 1.29 is 9.90 Å². The summed E-state index contributed by atoms with van der Waals surface area (Å²) >= 11 is 0. The largest absolute Gasteiger partial charge is 0.507 e. The smallest absolute Gasteiger partial charge is 0.252 e. The summed E-state index contributed by atoms with van der Waals surface area (Å²) in [6.07, 6.45) is 2.83. The number of aromatic hydroxyl groups is 1. The first-order valence-electron chi connectivity index (χ1n) is 6.91. The summed E-state index contributed by atoms with van der Waals surface area (Å²) in [5.74, 6) is -0.217. The summed E-state index contributed by atoms with van der Waals surface area (Å²) in [5.41, 5.74) is 1.60. The minimum Gasteiger partial charge on any atom is -0.507 e. The Balaban J connectivity index is 2.00. The van der Waals surface area contributed by atoms with Gasteiger partial charge >= 0.3 is 0 Å². The van der Waals surface area contributed by atoms with Gasteiger partial charge in [0.2, 0.25) is 5.95 Å². The predicted octanol–water partition coefficient (Wildman–Crippen LogP) is 1.51. The lowest BCUT2D eigenvalue weighted by Gasteiger charge is -2.03. The standard InChI is InChI=1S/C16H14N4O3/c1-9-3-4-13(21)12(5-9)15(23)11-7-17-20(8-11)16-18-10(2)6-14(22)19-16/h3-8,21H,1-2H3,(H,18,19,22). The van der Waals surface area contributed by atoms with Gasteiger partial charge in [0.1, 0.15) is 5.75 Å². The van der Waals surface area contributed by atoms with Crippen LogP contribution in [0.3, 0.4) is 0 Å². The predicted molar refractivity (Wildman–Crippen MR) is 83.0 cm³/mol. The molecule has 0 aliphatic rings. The minimum atomic E-state index is -0.354. The first kappa shape index (κ1) is 14.7. The topological polar surface area (TPSA) is 101 Å². The number of ketones is 1. The van der Waals surface area contributed by atoms with Crippen molar-refractivity contribution in [3.63, 3.8) is 0 Å². The molecule has 2 aromatic heterocycles. The van der Waals surface area contributed by atoms with Crippen LogP contribution in [-0.2, 0) is 0 Å². The zero-order chi connectivity index (χ0) is 16.6. The van der Waals surface area contributed by atoms with Crippen molar-refractivity contribution in [2.45, 2.75) is 13.8 Å². The van der Waals surface area contributed by atoms with E-state index in [0.717, 1.165) is 5.56 Å².